The van der Waals surface area contributed by atoms with Gasteiger partial charge in [0.2, 0.25) is 5.88 Å². The second-order valence-electron chi connectivity index (χ2n) is 3.09. The van der Waals surface area contributed by atoms with Crippen LogP contribution >= 0.6 is 0 Å². The van der Waals surface area contributed by atoms with Crippen LogP contribution in [0.15, 0.2) is 29.2 Å². The van der Waals surface area contributed by atoms with Crippen LogP contribution in [0.3, 0.4) is 0 Å². The first-order valence-corrected chi connectivity index (χ1v) is 4.42. The number of hydrogen-bond acceptors (Lipinski definition) is 5. The maximum atomic E-state index is 11.4. The van der Waals surface area contributed by atoms with Gasteiger partial charge < -0.3 is 9.84 Å². The largest absolute Gasteiger partial charge is 0.493 e. The number of nitrogens with zero attached hydrogens (tertiary/aromatic N) is 2. The Morgan fingerprint density at radius 1 is 1.50 bits per heavy atom. The fourth-order valence-corrected chi connectivity index (χ4v) is 1.33. The van der Waals surface area contributed by atoms with Gasteiger partial charge in [0.05, 0.1) is 18.7 Å². The lowest BCUT2D eigenvalue weighted by Gasteiger charge is -2.02. The minimum atomic E-state index is -0.528. The number of carbonyl (C=O) groups excluding carboxylic acids is 1. The highest BCUT2D eigenvalue weighted by Crippen LogP contribution is 2.07. The minimum Gasteiger partial charge on any atom is -0.493 e. The Labute approximate surface area is 89.7 Å². The summed E-state index contributed by atoms with van der Waals surface area (Å²) in [7, 11) is 1.26. The lowest BCUT2D eigenvalue weighted by molar-refractivity contribution is 0.0600. The molecule has 0 radical (unpaired) electrons. The highest BCUT2D eigenvalue weighted by Gasteiger charge is 2.08. The van der Waals surface area contributed by atoms with Crippen molar-refractivity contribution in [3.05, 3.63) is 40.3 Å². The summed E-state index contributed by atoms with van der Waals surface area (Å²) in [4.78, 5) is 26.3. The molecule has 2 aromatic rings. The first-order chi connectivity index (χ1) is 7.61. The van der Waals surface area contributed by atoms with Crippen LogP contribution in [-0.4, -0.2) is 27.6 Å². The first-order valence-electron chi connectivity index (χ1n) is 4.42. The summed E-state index contributed by atoms with van der Waals surface area (Å²) in [5.41, 5.74) is 0.0341. The second kappa shape index (κ2) is 3.65. The monoisotopic (exact) mass is 220 g/mol. The van der Waals surface area contributed by atoms with E-state index in [0.717, 1.165) is 6.07 Å². The molecule has 82 valence electrons. The first kappa shape index (κ1) is 10.2. The molecule has 6 heteroatoms. The molecule has 0 unspecified atom stereocenters. The molecule has 0 aromatic carbocycles. The van der Waals surface area contributed by atoms with Gasteiger partial charge in [-0.2, -0.15) is 4.98 Å². The molecule has 0 atom stereocenters. The highest BCUT2D eigenvalue weighted by atomic mass is 16.5. The highest BCUT2D eigenvalue weighted by molar-refractivity contribution is 5.90. The summed E-state index contributed by atoms with van der Waals surface area (Å²) in [6.45, 7) is 0. The van der Waals surface area contributed by atoms with Gasteiger partial charge in [0, 0.05) is 6.20 Å². The Morgan fingerprint density at radius 2 is 2.25 bits per heavy atom. The zero-order valence-corrected chi connectivity index (χ0v) is 8.38. The summed E-state index contributed by atoms with van der Waals surface area (Å²) in [5.74, 6) is -0.910. The van der Waals surface area contributed by atoms with E-state index in [4.69, 9.17) is 5.11 Å². The van der Waals surface area contributed by atoms with Crippen molar-refractivity contribution in [2.45, 2.75) is 0 Å². The zero-order valence-electron chi connectivity index (χ0n) is 8.38. The molecule has 1 N–H and O–H groups in total. The van der Waals surface area contributed by atoms with Gasteiger partial charge >= 0.3 is 5.97 Å². The van der Waals surface area contributed by atoms with Crippen LogP contribution < -0.4 is 5.56 Å². The van der Waals surface area contributed by atoms with E-state index in [2.05, 4.69) is 9.72 Å². The number of carbonyl (C=O) groups is 1. The SMILES string of the molecule is COC(=O)c1ccn2c(=O)cc(O)nc2c1. The van der Waals surface area contributed by atoms with Crippen molar-refractivity contribution in [2.24, 2.45) is 0 Å². The van der Waals surface area contributed by atoms with Gasteiger partial charge in [0.25, 0.3) is 5.56 Å². The van der Waals surface area contributed by atoms with E-state index in [1.54, 1.807) is 0 Å². The van der Waals surface area contributed by atoms with Gasteiger partial charge in [-0.05, 0) is 12.1 Å². The van der Waals surface area contributed by atoms with Crippen LogP contribution in [0.5, 0.6) is 5.88 Å². The van der Waals surface area contributed by atoms with Crippen molar-refractivity contribution < 1.29 is 14.6 Å². The van der Waals surface area contributed by atoms with Crippen molar-refractivity contribution in [3.63, 3.8) is 0 Å². The number of esters is 1. The molecule has 2 rings (SSSR count). The quantitative estimate of drug-likeness (QED) is 0.693. The van der Waals surface area contributed by atoms with E-state index in [-0.39, 0.29) is 17.1 Å². The van der Waals surface area contributed by atoms with E-state index in [1.165, 1.54) is 29.8 Å². The maximum Gasteiger partial charge on any atom is 0.338 e. The fourth-order valence-electron chi connectivity index (χ4n) is 1.33. The molecule has 0 aliphatic carbocycles. The lowest BCUT2D eigenvalue weighted by Crippen LogP contribution is -2.14. The van der Waals surface area contributed by atoms with Crippen molar-refractivity contribution in [3.8, 4) is 5.88 Å². The number of rotatable bonds is 1. The van der Waals surface area contributed by atoms with E-state index >= 15 is 0 Å². The van der Waals surface area contributed by atoms with E-state index in [1.807, 2.05) is 0 Å². The predicted octanol–water partition coefficient (Wildman–Crippen LogP) is 0.187. The summed E-state index contributed by atoms with van der Waals surface area (Å²) in [5, 5.41) is 9.16. The average molecular weight is 220 g/mol. The third-order valence-electron chi connectivity index (χ3n) is 2.07. The third kappa shape index (κ3) is 1.60. The number of aromatic hydroxyl groups is 1. The topological polar surface area (TPSA) is 80.9 Å². The molecule has 0 fully saturated rings. The maximum absolute atomic E-state index is 11.4. The number of pyridine rings is 1. The van der Waals surface area contributed by atoms with Crippen molar-refractivity contribution >= 4 is 11.6 Å². The molecule has 2 heterocycles. The molecule has 0 aliphatic rings. The van der Waals surface area contributed by atoms with Crippen LogP contribution in [-0.2, 0) is 4.74 Å². The van der Waals surface area contributed by atoms with Crippen molar-refractivity contribution in [2.75, 3.05) is 7.11 Å². The zero-order chi connectivity index (χ0) is 11.7. The van der Waals surface area contributed by atoms with Gasteiger partial charge in [-0.15, -0.1) is 0 Å². The van der Waals surface area contributed by atoms with E-state index in [9.17, 15) is 9.59 Å². The number of ether oxygens (including phenoxy) is 1. The number of fused-ring (bicyclic) bond motifs is 1. The molecular weight excluding hydrogens is 212 g/mol. The second-order valence-corrected chi connectivity index (χ2v) is 3.09. The minimum absolute atomic E-state index is 0.188. The van der Waals surface area contributed by atoms with E-state index in [0.29, 0.717) is 0 Å². The van der Waals surface area contributed by atoms with Gasteiger partial charge in [-0.3, -0.25) is 9.20 Å². The Hall–Kier alpha value is -2.37. The summed E-state index contributed by atoms with van der Waals surface area (Å²) in [6, 6.07) is 3.80. The summed E-state index contributed by atoms with van der Waals surface area (Å²) in [6.07, 6.45) is 1.40. The summed E-state index contributed by atoms with van der Waals surface area (Å²) >= 11 is 0. The lowest BCUT2D eigenvalue weighted by atomic mass is 10.2. The molecular formula is C10H8N2O4. The Morgan fingerprint density at radius 3 is 2.94 bits per heavy atom. The number of aromatic nitrogens is 2. The smallest absolute Gasteiger partial charge is 0.338 e. The van der Waals surface area contributed by atoms with Crippen LogP contribution in [0.4, 0.5) is 0 Å². The number of methoxy groups -OCH3 is 1. The van der Waals surface area contributed by atoms with Crippen molar-refractivity contribution in [1.82, 2.24) is 9.38 Å². The number of hydrogen-bond donors (Lipinski definition) is 1. The molecule has 0 amide bonds. The molecule has 2 aromatic heterocycles. The third-order valence-corrected chi connectivity index (χ3v) is 2.07. The fraction of sp³-hybridized carbons (Fsp3) is 0.100. The van der Waals surface area contributed by atoms with Crippen LogP contribution in [0.25, 0.3) is 5.65 Å². The Kier molecular flexibility index (Phi) is 2.32. The van der Waals surface area contributed by atoms with Gasteiger partial charge in [0.15, 0.2) is 0 Å². The molecule has 0 saturated heterocycles. The average Bonchev–Trinajstić information content (AvgIpc) is 2.27. The Balaban J connectivity index is 2.71. The summed E-state index contributed by atoms with van der Waals surface area (Å²) < 4.78 is 5.74. The van der Waals surface area contributed by atoms with Crippen molar-refractivity contribution in [1.29, 1.82) is 0 Å². The molecule has 0 bridgehead atoms. The molecule has 0 saturated carbocycles. The van der Waals surface area contributed by atoms with Crippen LogP contribution in [0, 0.1) is 0 Å². The normalized spacial score (nSPS) is 10.3. The van der Waals surface area contributed by atoms with Gasteiger partial charge in [0.1, 0.15) is 5.65 Å². The van der Waals surface area contributed by atoms with E-state index < -0.39 is 11.5 Å². The predicted molar refractivity (Wildman–Crippen MR) is 54.5 cm³/mol. The van der Waals surface area contributed by atoms with Crippen LogP contribution in [0.2, 0.25) is 0 Å². The van der Waals surface area contributed by atoms with Gasteiger partial charge in [-0.1, -0.05) is 0 Å². The molecule has 16 heavy (non-hydrogen) atoms. The molecule has 6 nitrogen and oxygen atoms in total. The van der Waals surface area contributed by atoms with Gasteiger partial charge in [-0.25, -0.2) is 4.79 Å². The van der Waals surface area contributed by atoms with Crippen LogP contribution in [0.1, 0.15) is 10.4 Å². The molecule has 0 spiro atoms. The molecule has 0 aliphatic heterocycles. The Bertz CT molecular complexity index is 618. The standard InChI is InChI=1S/C10H8N2O4/c1-16-10(15)6-2-3-12-7(4-6)11-8(13)5-9(12)14/h2-5,13H,1H3.